The number of carboxylic acid groups (broad SMARTS) is 1. The van der Waals surface area contributed by atoms with E-state index in [1.807, 2.05) is 0 Å². The summed E-state index contributed by atoms with van der Waals surface area (Å²) in [6.07, 6.45) is 0. The molecule has 0 spiro atoms. The second kappa shape index (κ2) is 3.25. The average Bonchev–Trinajstić information content (AvgIpc) is 2.47. The van der Waals surface area contributed by atoms with E-state index in [-0.39, 0.29) is 0 Å². The van der Waals surface area contributed by atoms with Crippen molar-refractivity contribution in [3.05, 3.63) is 27.5 Å². The normalized spacial score (nSPS) is 10.6. The molecular weight excluding hydrogens is 266 g/mol. The number of benzene rings is 1. The number of hydrogen-bond donors (Lipinski definition) is 2. The van der Waals surface area contributed by atoms with Gasteiger partial charge in [-0.05, 0) is 12.1 Å². The van der Waals surface area contributed by atoms with Crippen molar-refractivity contribution in [1.82, 2.24) is 0 Å². The van der Waals surface area contributed by atoms with Crippen molar-refractivity contribution in [2.45, 2.75) is 0 Å². The predicted molar refractivity (Wildman–Crippen MR) is 60.9 cm³/mol. The molecule has 14 heavy (non-hydrogen) atoms. The zero-order valence-electron chi connectivity index (χ0n) is 6.95. The maximum atomic E-state index is 10.9. The first-order chi connectivity index (χ1) is 6.59. The molecule has 0 fully saturated rings. The highest BCUT2D eigenvalue weighted by molar-refractivity contribution is 9.10. The fourth-order valence-electron chi connectivity index (χ4n) is 1.29. The number of nitrogen functional groups attached to an aromatic ring is 1. The van der Waals surface area contributed by atoms with Gasteiger partial charge in [-0.3, -0.25) is 0 Å². The lowest BCUT2D eigenvalue weighted by atomic mass is 10.2. The molecule has 0 aliphatic carbocycles. The summed E-state index contributed by atoms with van der Waals surface area (Å²) in [6, 6.07) is 3.48. The first-order valence-electron chi connectivity index (χ1n) is 3.79. The van der Waals surface area contributed by atoms with Gasteiger partial charge in [0.15, 0.2) is 0 Å². The van der Waals surface area contributed by atoms with Gasteiger partial charge in [0, 0.05) is 25.6 Å². The molecule has 0 amide bonds. The fourth-order valence-corrected chi connectivity index (χ4v) is 3.12. The number of halogens is 1. The van der Waals surface area contributed by atoms with Crippen molar-refractivity contribution in [3.8, 4) is 0 Å². The second-order valence-corrected chi connectivity index (χ2v) is 4.60. The molecule has 1 aromatic carbocycles. The molecule has 0 saturated carbocycles. The molecule has 0 unspecified atom stereocenters. The molecule has 5 heteroatoms. The van der Waals surface area contributed by atoms with Gasteiger partial charge in [-0.25, -0.2) is 4.79 Å². The SMILES string of the molecule is Nc1cc(Br)c2c(C(=O)O)csc2c1. The third-order valence-electron chi connectivity index (χ3n) is 1.88. The third-order valence-corrected chi connectivity index (χ3v) is 3.43. The van der Waals surface area contributed by atoms with Gasteiger partial charge < -0.3 is 10.8 Å². The molecule has 2 rings (SSSR count). The van der Waals surface area contributed by atoms with Gasteiger partial charge in [-0.1, -0.05) is 15.9 Å². The van der Waals surface area contributed by atoms with Crippen LogP contribution in [0.2, 0.25) is 0 Å². The van der Waals surface area contributed by atoms with Gasteiger partial charge in [0.05, 0.1) is 5.56 Å². The zero-order valence-corrected chi connectivity index (χ0v) is 9.35. The molecule has 0 atom stereocenters. The molecule has 0 bridgehead atoms. The molecule has 1 aromatic heterocycles. The van der Waals surface area contributed by atoms with E-state index >= 15 is 0 Å². The van der Waals surface area contributed by atoms with Crippen LogP contribution >= 0.6 is 27.3 Å². The maximum Gasteiger partial charge on any atom is 0.337 e. The predicted octanol–water partition coefficient (Wildman–Crippen LogP) is 2.94. The van der Waals surface area contributed by atoms with E-state index in [0.29, 0.717) is 11.3 Å². The minimum Gasteiger partial charge on any atom is -0.478 e. The number of carbonyl (C=O) groups is 1. The van der Waals surface area contributed by atoms with Crippen molar-refractivity contribution < 1.29 is 9.90 Å². The molecule has 1 heterocycles. The van der Waals surface area contributed by atoms with Gasteiger partial charge in [-0.2, -0.15) is 0 Å². The lowest BCUT2D eigenvalue weighted by molar-refractivity contribution is 0.0699. The van der Waals surface area contributed by atoms with Crippen molar-refractivity contribution in [3.63, 3.8) is 0 Å². The quantitative estimate of drug-likeness (QED) is 0.784. The van der Waals surface area contributed by atoms with Crippen LogP contribution in [0, 0.1) is 0 Å². The summed E-state index contributed by atoms with van der Waals surface area (Å²) < 4.78 is 1.61. The lowest BCUT2D eigenvalue weighted by Gasteiger charge is -1.98. The number of thiophene rings is 1. The Balaban J connectivity index is 2.85. The largest absolute Gasteiger partial charge is 0.478 e. The number of rotatable bonds is 1. The Morgan fingerprint density at radius 1 is 1.50 bits per heavy atom. The lowest BCUT2D eigenvalue weighted by Crippen LogP contribution is -1.94. The average molecular weight is 272 g/mol. The van der Waals surface area contributed by atoms with Gasteiger partial charge in [-0.15, -0.1) is 11.3 Å². The third kappa shape index (κ3) is 1.38. The number of anilines is 1. The molecule has 72 valence electrons. The van der Waals surface area contributed by atoms with Gasteiger partial charge in [0.25, 0.3) is 0 Å². The van der Waals surface area contributed by atoms with Crippen molar-refractivity contribution >= 4 is 49.0 Å². The van der Waals surface area contributed by atoms with Crippen LogP contribution in [0.1, 0.15) is 10.4 Å². The van der Waals surface area contributed by atoms with Gasteiger partial charge in [0.2, 0.25) is 0 Å². The van der Waals surface area contributed by atoms with Crippen LogP contribution in [0.4, 0.5) is 5.69 Å². The van der Waals surface area contributed by atoms with Crippen molar-refractivity contribution in [2.24, 2.45) is 0 Å². The Bertz CT molecular complexity index is 521. The van der Waals surface area contributed by atoms with Crippen LogP contribution in [-0.4, -0.2) is 11.1 Å². The zero-order chi connectivity index (χ0) is 10.3. The van der Waals surface area contributed by atoms with Gasteiger partial charge in [0.1, 0.15) is 0 Å². The topological polar surface area (TPSA) is 63.3 Å². The molecule has 0 saturated heterocycles. The Morgan fingerprint density at radius 3 is 2.86 bits per heavy atom. The summed E-state index contributed by atoms with van der Waals surface area (Å²) in [6.45, 7) is 0. The maximum absolute atomic E-state index is 10.9. The molecule has 0 radical (unpaired) electrons. The fraction of sp³-hybridized carbons (Fsp3) is 0. The van der Waals surface area contributed by atoms with Crippen LogP contribution in [0.15, 0.2) is 22.0 Å². The van der Waals surface area contributed by atoms with E-state index in [0.717, 1.165) is 14.6 Å². The number of fused-ring (bicyclic) bond motifs is 1. The number of carboxylic acids is 1. The van der Waals surface area contributed by atoms with Gasteiger partial charge >= 0.3 is 5.97 Å². The monoisotopic (exact) mass is 271 g/mol. The second-order valence-electron chi connectivity index (χ2n) is 2.83. The summed E-state index contributed by atoms with van der Waals surface area (Å²) >= 11 is 4.69. The van der Waals surface area contributed by atoms with Crippen molar-refractivity contribution in [1.29, 1.82) is 0 Å². The van der Waals surface area contributed by atoms with Crippen LogP contribution < -0.4 is 5.73 Å². The first-order valence-corrected chi connectivity index (χ1v) is 5.46. The first kappa shape index (κ1) is 9.48. The van der Waals surface area contributed by atoms with Crippen LogP contribution in [0.3, 0.4) is 0 Å². The summed E-state index contributed by atoms with van der Waals surface area (Å²) in [4.78, 5) is 10.9. The summed E-state index contributed by atoms with van der Waals surface area (Å²) in [7, 11) is 0. The van der Waals surface area contributed by atoms with E-state index in [4.69, 9.17) is 10.8 Å². The van der Waals surface area contributed by atoms with E-state index in [1.54, 1.807) is 17.5 Å². The number of hydrogen-bond acceptors (Lipinski definition) is 3. The Morgan fingerprint density at radius 2 is 2.21 bits per heavy atom. The Hall–Kier alpha value is -1.07. The number of nitrogens with two attached hydrogens (primary N) is 1. The number of aromatic carboxylic acids is 1. The smallest absolute Gasteiger partial charge is 0.337 e. The van der Waals surface area contributed by atoms with Crippen LogP contribution in [-0.2, 0) is 0 Å². The van der Waals surface area contributed by atoms with E-state index in [1.165, 1.54) is 11.3 Å². The van der Waals surface area contributed by atoms with Crippen LogP contribution in [0.5, 0.6) is 0 Å². The van der Waals surface area contributed by atoms with Crippen LogP contribution in [0.25, 0.3) is 10.1 Å². The molecule has 3 nitrogen and oxygen atoms in total. The molecule has 2 aromatic rings. The summed E-state index contributed by atoms with van der Waals surface area (Å²) in [5.74, 6) is -0.915. The summed E-state index contributed by atoms with van der Waals surface area (Å²) in [5, 5.41) is 11.3. The highest BCUT2D eigenvalue weighted by Crippen LogP contribution is 2.34. The standard InChI is InChI=1S/C9H6BrNO2S/c10-6-1-4(11)2-7-8(6)5(3-14-7)9(12)13/h1-3H,11H2,(H,12,13). The molecule has 0 aliphatic heterocycles. The molecular formula is C9H6BrNO2S. The Kier molecular flexibility index (Phi) is 2.20. The Labute approximate surface area is 92.3 Å². The van der Waals surface area contributed by atoms with E-state index < -0.39 is 5.97 Å². The molecule has 3 N–H and O–H groups in total. The highest BCUT2D eigenvalue weighted by Gasteiger charge is 2.13. The molecule has 0 aliphatic rings. The highest BCUT2D eigenvalue weighted by atomic mass is 79.9. The minimum atomic E-state index is -0.915. The van der Waals surface area contributed by atoms with E-state index in [2.05, 4.69) is 15.9 Å². The van der Waals surface area contributed by atoms with Crippen molar-refractivity contribution in [2.75, 3.05) is 5.73 Å². The summed E-state index contributed by atoms with van der Waals surface area (Å²) in [5.41, 5.74) is 6.58. The minimum absolute atomic E-state index is 0.317. The van der Waals surface area contributed by atoms with E-state index in [9.17, 15) is 4.79 Å².